The van der Waals surface area contributed by atoms with Gasteiger partial charge in [0.1, 0.15) is 11.4 Å². The molecule has 22 heavy (non-hydrogen) atoms. The second kappa shape index (κ2) is 5.88. The Bertz CT molecular complexity index is 681. The van der Waals surface area contributed by atoms with E-state index in [0.29, 0.717) is 11.3 Å². The molecule has 0 radical (unpaired) electrons. The molecule has 1 aromatic heterocycles. The summed E-state index contributed by atoms with van der Waals surface area (Å²) in [5.74, 6) is -0.898. The Kier molecular flexibility index (Phi) is 3.94. The van der Waals surface area contributed by atoms with E-state index in [9.17, 15) is 14.7 Å². The number of carbonyl (C=O) groups excluding carboxylic acids is 1. The largest absolute Gasteiger partial charge is 0.480 e. The lowest BCUT2D eigenvalue weighted by Crippen LogP contribution is -2.42. The molecule has 0 aliphatic carbocycles. The first kappa shape index (κ1) is 14.7. The number of aliphatic carboxylic acids is 1. The van der Waals surface area contributed by atoms with Gasteiger partial charge in [-0.25, -0.2) is 4.79 Å². The first-order valence-electron chi connectivity index (χ1n) is 6.84. The van der Waals surface area contributed by atoms with Gasteiger partial charge in [0, 0.05) is 16.9 Å². The van der Waals surface area contributed by atoms with Gasteiger partial charge in [-0.1, -0.05) is 17.7 Å². The van der Waals surface area contributed by atoms with Crippen LogP contribution in [-0.4, -0.2) is 33.7 Å². The van der Waals surface area contributed by atoms with Crippen LogP contribution < -0.4 is 0 Å². The van der Waals surface area contributed by atoms with Gasteiger partial charge >= 0.3 is 5.97 Å². The molecule has 2 aromatic rings. The van der Waals surface area contributed by atoms with Gasteiger partial charge in [0.2, 0.25) is 0 Å². The molecule has 0 bridgehead atoms. The van der Waals surface area contributed by atoms with Gasteiger partial charge in [-0.15, -0.1) is 11.8 Å². The van der Waals surface area contributed by atoms with E-state index < -0.39 is 12.0 Å². The summed E-state index contributed by atoms with van der Waals surface area (Å²) in [4.78, 5) is 25.7. The quantitative estimate of drug-likeness (QED) is 0.942. The first-order chi connectivity index (χ1) is 10.6. The molecule has 3 rings (SSSR count). The van der Waals surface area contributed by atoms with Crippen LogP contribution in [0, 0.1) is 6.92 Å². The molecule has 6 heteroatoms. The van der Waals surface area contributed by atoms with Crippen molar-refractivity contribution < 1.29 is 19.1 Å². The SMILES string of the molecule is Cc1ccc(C(=O)N2C(C(=O)O)CSC2c2ccoc2)cc1. The van der Waals surface area contributed by atoms with Crippen LogP contribution in [0.2, 0.25) is 0 Å². The Morgan fingerprint density at radius 3 is 2.59 bits per heavy atom. The summed E-state index contributed by atoms with van der Waals surface area (Å²) in [6.45, 7) is 1.94. The number of aryl methyl sites for hydroxylation is 1. The smallest absolute Gasteiger partial charge is 0.327 e. The third kappa shape index (κ3) is 2.62. The number of benzene rings is 1. The van der Waals surface area contributed by atoms with E-state index in [1.165, 1.54) is 22.9 Å². The molecular formula is C16H15NO4S. The van der Waals surface area contributed by atoms with Crippen LogP contribution in [0.25, 0.3) is 0 Å². The fraction of sp³-hybridized carbons (Fsp3) is 0.250. The number of furan rings is 1. The van der Waals surface area contributed by atoms with Gasteiger partial charge in [-0.05, 0) is 25.1 Å². The summed E-state index contributed by atoms with van der Waals surface area (Å²) in [6, 6.07) is 8.08. The highest BCUT2D eigenvalue weighted by Gasteiger charge is 2.43. The van der Waals surface area contributed by atoms with Gasteiger partial charge in [0.25, 0.3) is 5.91 Å². The minimum absolute atomic E-state index is 0.274. The maximum atomic E-state index is 12.8. The Hall–Kier alpha value is -2.21. The van der Waals surface area contributed by atoms with Crippen molar-refractivity contribution in [1.82, 2.24) is 4.90 Å². The summed E-state index contributed by atoms with van der Waals surface area (Å²) in [6.07, 6.45) is 3.08. The van der Waals surface area contributed by atoms with Crippen molar-refractivity contribution in [2.24, 2.45) is 0 Å². The topological polar surface area (TPSA) is 70.8 Å². The van der Waals surface area contributed by atoms with Gasteiger partial charge < -0.3 is 14.4 Å². The lowest BCUT2D eigenvalue weighted by Gasteiger charge is -2.26. The average molecular weight is 317 g/mol. The number of rotatable bonds is 3. The second-order valence-electron chi connectivity index (χ2n) is 5.17. The Morgan fingerprint density at radius 1 is 1.27 bits per heavy atom. The molecule has 1 aliphatic rings. The monoisotopic (exact) mass is 317 g/mol. The van der Waals surface area contributed by atoms with Crippen molar-refractivity contribution in [3.8, 4) is 0 Å². The molecule has 1 fully saturated rings. The Labute approximate surface area is 131 Å². The molecular weight excluding hydrogens is 302 g/mol. The first-order valence-corrected chi connectivity index (χ1v) is 7.88. The Balaban J connectivity index is 1.96. The maximum absolute atomic E-state index is 12.8. The number of amides is 1. The third-order valence-electron chi connectivity index (χ3n) is 3.65. The van der Waals surface area contributed by atoms with Crippen LogP contribution in [-0.2, 0) is 4.79 Å². The summed E-state index contributed by atoms with van der Waals surface area (Å²) in [5, 5.41) is 9.07. The molecule has 1 N–H and O–H groups in total. The lowest BCUT2D eigenvalue weighted by molar-refractivity contribution is -0.141. The molecule has 5 nitrogen and oxygen atoms in total. The zero-order valence-electron chi connectivity index (χ0n) is 11.9. The van der Waals surface area contributed by atoms with E-state index in [2.05, 4.69) is 0 Å². The highest BCUT2D eigenvalue weighted by Crippen LogP contribution is 2.42. The van der Waals surface area contributed by atoms with Crippen LogP contribution >= 0.6 is 11.8 Å². The highest BCUT2D eigenvalue weighted by atomic mass is 32.2. The zero-order chi connectivity index (χ0) is 15.7. The predicted molar refractivity (Wildman–Crippen MR) is 82.7 cm³/mol. The van der Waals surface area contributed by atoms with Gasteiger partial charge in [0.05, 0.1) is 12.5 Å². The summed E-state index contributed by atoms with van der Waals surface area (Å²) < 4.78 is 5.07. The molecule has 2 unspecified atom stereocenters. The van der Waals surface area contributed by atoms with Crippen LogP contribution in [0.4, 0.5) is 0 Å². The van der Waals surface area contributed by atoms with E-state index in [0.717, 1.165) is 11.1 Å². The van der Waals surface area contributed by atoms with Gasteiger partial charge in [-0.2, -0.15) is 0 Å². The average Bonchev–Trinajstić information content (AvgIpc) is 3.16. The molecule has 0 spiro atoms. The fourth-order valence-corrected chi connectivity index (χ4v) is 3.86. The van der Waals surface area contributed by atoms with Crippen molar-refractivity contribution in [1.29, 1.82) is 0 Å². The van der Waals surface area contributed by atoms with Crippen molar-refractivity contribution in [3.63, 3.8) is 0 Å². The molecule has 1 amide bonds. The van der Waals surface area contributed by atoms with E-state index >= 15 is 0 Å². The van der Waals surface area contributed by atoms with Crippen molar-refractivity contribution in [2.75, 3.05) is 5.75 Å². The minimum Gasteiger partial charge on any atom is -0.480 e. The van der Waals surface area contributed by atoms with Crippen molar-refractivity contribution >= 4 is 23.6 Å². The molecule has 1 saturated heterocycles. The summed E-state index contributed by atoms with van der Waals surface area (Å²) in [5.41, 5.74) is 2.34. The maximum Gasteiger partial charge on any atom is 0.327 e. The van der Waals surface area contributed by atoms with E-state index in [4.69, 9.17) is 4.42 Å². The zero-order valence-corrected chi connectivity index (χ0v) is 12.7. The normalized spacial score (nSPS) is 21.0. The number of hydrogen-bond acceptors (Lipinski definition) is 4. The van der Waals surface area contributed by atoms with Crippen LogP contribution in [0.1, 0.15) is 26.9 Å². The number of thioether (sulfide) groups is 1. The molecule has 2 atom stereocenters. The van der Waals surface area contributed by atoms with Crippen LogP contribution in [0.5, 0.6) is 0 Å². The number of carbonyl (C=O) groups is 2. The van der Waals surface area contributed by atoms with E-state index in [1.54, 1.807) is 24.5 Å². The molecule has 2 heterocycles. The van der Waals surface area contributed by atoms with Crippen LogP contribution in [0.15, 0.2) is 47.3 Å². The molecule has 0 saturated carbocycles. The third-order valence-corrected chi connectivity index (χ3v) is 4.97. The fourth-order valence-electron chi connectivity index (χ4n) is 2.46. The summed E-state index contributed by atoms with van der Waals surface area (Å²) >= 11 is 1.44. The van der Waals surface area contributed by atoms with E-state index in [1.807, 2.05) is 19.1 Å². The predicted octanol–water partition coefficient (Wildman–Crippen LogP) is 2.93. The second-order valence-corrected chi connectivity index (χ2v) is 6.29. The number of carboxylic acid groups (broad SMARTS) is 1. The van der Waals surface area contributed by atoms with Gasteiger partial charge in [0.15, 0.2) is 0 Å². The molecule has 114 valence electrons. The Morgan fingerprint density at radius 2 is 2.00 bits per heavy atom. The van der Waals surface area contributed by atoms with Crippen LogP contribution in [0.3, 0.4) is 0 Å². The number of hydrogen-bond donors (Lipinski definition) is 1. The standard InChI is InChI=1S/C16H15NO4S/c1-10-2-4-11(5-3-10)14(18)17-13(16(19)20)9-22-15(17)12-6-7-21-8-12/h2-8,13,15H,9H2,1H3,(H,19,20). The van der Waals surface area contributed by atoms with E-state index in [-0.39, 0.29) is 11.3 Å². The number of nitrogens with zero attached hydrogens (tertiary/aromatic N) is 1. The minimum atomic E-state index is -0.987. The van der Waals surface area contributed by atoms with Gasteiger partial charge in [-0.3, -0.25) is 4.79 Å². The summed E-state index contributed by atoms with van der Waals surface area (Å²) in [7, 11) is 0. The molecule has 1 aliphatic heterocycles. The molecule has 1 aromatic carbocycles. The van der Waals surface area contributed by atoms with Crippen molar-refractivity contribution in [2.45, 2.75) is 18.3 Å². The lowest BCUT2D eigenvalue weighted by atomic mass is 10.1. The highest BCUT2D eigenvalue weighted by molar-refractivity contribution is 7.99. The van der Waals surface area contributed by atoms with Crippen molar-refractivity contribution in [3.05, 3.63) is 59.5 Å². The number of carboxylic acids is 1.